The van der Waals surface area contributed by atoms with Gasteiger partial charge in [-0.2, -0.15) is 0 Å². The van der Waals surface area contributed by atoms with Gasteiger partial charge in [0.25, 0.3) is 0 Å². The van der Waals surface area contributed by atoms with E-state index in [0.29, 0.717) is 5.56 Å². The van der Waals surface area contributed by atoms with E-state index >= 15 is 0 Å². The largest absolute Gasteiger partial charge is 0.487 e. The first-order valence-corrected chi connectivity index (χ1v) is 6.66. The Balaban J connectivity index is 1.78. The third-order valence-corrected chi connectivity index (χ3v) is 3.35. The average molecular weight is 275 g/mol. The Morgan fingerprint density at radius 1 is 1.10 bits per heavy atom. The lowest BCUT2D eigenvalue weighted by Gasteiger charge is -2.21. The molecule has 1 aliphatic rings. The summed E-state index contributed by atoms with van der Waals surface area (Å²) in [5.74, 6) is -0.444. The number of rotatable bonds is 3. The number of fused-ring (bicyclic) bond motifs is 1. The molecule has 0 atom stereocenters. The fourth-order valence-corrected chi connectivity index (χ4v) is 2.45. The summed E-state index contributed by atoms with van der Waals surface area (Å²) in [6.07, 6.45) is 2.12. The van der Waals surface area contributed by atoms with Crippen molar-refractivity contribution < 1.29 is 13.5 Å². The molecule has 0 radical (unpaired) electrons. The molecule has 0 aliphatic carbocycles. The van der Waals surface area contributed by atoms with Crippen LogP contribution >= 0.6 is 0 Å². The number of anilines is 1. The molecule has 1 aliphatic heterocycles. The van der Waals surface area contributed by atoms with Gasteiger partial charge in [-0.05, 0) is 42.2 Å². The van der Waals surface area contributed by atoms with Crippen LogP contribution in [0.4, 0.5) is 14.5 Å². The van der Waals surface area contributed by atoms with Gasteiger partial charge in [-0.3, -0.25) is 0 Å². The Labute approximate surface area is 116 Å². The lowest BCUT2D eigenvalue weighted by molar-refractivity contribution is 0.305. The molecule has 4 heteroatoms. The Hall–Kier alpha value is -2.10. The van der Waals surface area contributed by atoms with Crippen LogP contribution in [0, 0.1) is 11.6 Å². The molecule has 104 valence electrons. The van der Waals surface area contributed by atoms with Crippen LogP contribution < -0.4 is 10.1 Å². The van der Waals surface area contributed by atoms with E-state index in [9.17, 15) is 8.78 Å². The van der Waals surface area contributed by atoms with E-state index in [0.717, 1.165) is 36.9 Å². The summed E-state index contributed by atoms with van der Waals surface area (Å²) in [7, 11) is 0. The maximum Gasteiger partial charge on any atom is 0.143 e. The number of benzene rings is 2. The fraction of sp³-hybridized carbons (Fsp3) is 0.250. The van der Waals surface area contributed by atoms with Crippen LogP contribution in [0.15, 0.2) is 36.4 Å². The predicted molar refractivity (Wildman–Crippen MR) is 73.9 cm³/mol. The molecule has 0 fully saturated rings. The van der Waals surface area contributed by atoms with Crippen LogP contribution in [0.3, 0.4) is 0 Å². The maximum absolute atomic E-state index is 13.1. The van der Waals surface area contributed by atoms with E-state index in [-0.39, 0.29) is 6.61 Å². The molecule has 2 aromatic rings. The monoisotopic (exact) mass is 275 g/mol. The molecule has 1 N–H and O–H groups in total. The van der Waals surface area contributed by atoms with Crippen molar-refractivity contribution in [2.75, 3.05) is 11.9 Å². The summed E-state index contributed by atoms with van der Waals surface area (Å²) in [6, 6.07) is 9.30. The van der Waals surface area contributed by atoms with Gasteiger partial charge >= 0.3 is 0 Å². The Bertz CT molecular complexity index is 608. The van der Waals surface area contributed by atoms with Crippen LogP contribution in [-0.2, 0) is 13.0 Å². The lowest BCUT2D eigenvalue weighted by Crippen LogP contribution is -2.13. The number of nitrogens with one attached hydrogen (secondary N) is 1. The standard InChI is InChI=1S/C16H15F2NO/c17-13-7-11(8-14(18)9-13)10-20-15-5-1-3-12-4-2-6-19-16(12)15/h1,3,5,7-9,19H,2,4,6,10H2. The minimum absolute atomic E-state index is 0.146. The summed E-state index contributed by atoms with van der Waals surface area (Å²) >= 11 is 0. The molecular formula is C16H15F2NO. The highest BCUT2D eigenvalue weighted by Crippen LogP contribution is 2.32. The Kier molecular flexibility index (Phi) is 3.54. The molecule has 2 nitrogen and oxygen atoms in total. The number of hydrogen-bond acceptors (Lipinski definition) is 2. The van der Waals surface area contributed by atoms with Crippen molar-refractivity contribution in [2.45, 2.75) is 19.4 Å². The molecule has 1 heterocycles. The zero-order valence-corrected chi connectivity index (χ0v) is 11.0. The molecule has 20 heavy (non-hydrogen) atoms. The van der Waals surface area contributed by atoms with Gasteiger partial charge in [0, 0.05) is 12.6 Å². The maximum atomic E-state index is 13.1. The summed E-state index contributed by atoms with van der Waals surface area (Å²) in [4.78, 5) is 0. The minimum Gasteiger partial charge on any atom is -0.487 e. The van der Waals surface area contributed by atoms with Crippen molar-refractivity contribution in [3.63, 3.8) is 0 Å². The van der Waals surface area contributed by atoms with Gasteiger partial charge in [-0.15, -0.1) is 0 Å². The third-order valence-electron chi connectivity index (χ3n) is 3.35. The van der Waals surface area contributed by atoms with E-state index in [2.05, 4.69) is 11.4 Å². The SMILES string of the molecule is Fc1cc(F)cc(COc2cccc3c2NCCC3)c1. The molecule has 0 aromatic heterocycles. The van der Waals surface area contributed by atoms with Gasteiger partial charge in [0.1, 0.15) is 24.0 Å². The first-order chi connectivity index (χ1) is 9.72. The predicted octanol–water partition coefficient (Wildman–Crippen LogP) is 3.90. The Morgan fingerprint density at radius 3 is 2.70 bits per heavy atom. The molecule has 0 saturated heterocycles. The molecular weight excluding hydrogens is 260 g/mol. The number of aryl methyl sites for hydroxylation is 1. The summed E-state index contributed by atoms with van der Waals surface area (Å²) in [6.45, 7) is 1.06. The highest BCUT2D eigenvalue weighted by Gasteiger charge is 2.13. The average Bonchev–Trinajstić information content (AvgIpc) is 2.44. The quantitative estimate of drug-likeness (QED) is 0.917. The van der Waals surface area contributed by atoms with Crippen molar-refractivity contribution in [1.29, 1.82) is 0 Å². The van der Waals surface area contributed by atoms with Crippen molar-refractivity contribution >= 4 is 5.69 Å². The van der Waals surface area contributed by atoms with E-state index in [1.54, 1.807) is 0 Å². The van der Waals surface area contributed by atoms with Gasteiger partial charge in [0.2, 0.25) is 0 Å². The van der Waals surface area contributed by atoms with E-state index < -0.39 is 11.6 Å². The molecule has 0 bridgehead atoms. The third kappa shape index (κ3) is 2.74. The second kappa shape index (κ2) is 5.49. The highest BCUT2D eigenvalue weighted by molar-refractivity contribution is 5.63. The first kappa shape index (κ1) is 12.9. The van der Waals surface area contributed by atoms with Crippen LogP contribution in [-0.4, -0.2) is 6.54 Å². The summed E-state index contributed by atoms with van der Waals surface area (Å²) in [5.41, 5.74) is 2.70. The van der Waals surface area contributed by atoms with Gasteiger partial charge in [0.05, 0.1) is 5.69 Å². The molecule has 3 rings (SSSR count). The molecule has 0 spiro atoms. The lowest BCUT2D eigenvalue weighted by atomic mass is 10.0. The van der Waals surface area contributed by atoms with Crippen LogP contribution in [0.25, 0.3) is 0 Å². The first-order valence-electron chi connectivity index (χ1n) is 6.66. The molecule has 2 aromatic carbocycles. The number of hydrogen-bond donors (Lipinski definition) is 1. The van der Waals surface area contributed by atoms with Gasteiger partial charge < -0.3 is 10.1 Å². The smallest absolute Gasteiger partial charge is 0.143 e. The fourth-order valence-electron chi connectivity index (χ4n) is 2.45. The van der Waals surface area contributed by atoms with Crippen molar-refractivity contribution in [1.82, 2.24) is 0 Å². The molecule has 0 amide bonds. The number of para-hydroxylation sites is 1. The van der Waals surface area contributed by atoms with Gasteiger partial charge in [-0.1, -0.05) is 12.1 Å². The number of ether oxygens (including phenoxy) is 1. The highest BCUT2D eigenvalue weighted by atomic mass is 19.1. The Morgan fingerprint density at radius 2 is 1.90 bits per heavy atom. The zero-order valence-electron chi connectivity index (χ0n) is 11.0. The van der Waals surface area contributed by atoms with Gasteiger partial charge in [0.15, 0.2) is 0 Å². The van der Waals surface area contributed by atoms with Gasteiger partial charge in [-0.25, -0.2) is 8.78 Å². The normalized spacial score (nSPS) is 13.5. The summed E-state index contributed by atoms with van der Waals surface area (Å²) < 4.78 is 31.9. The van der Waals surface area contributed by atoms with Crippen molar-refractivity contribution in [2.24, 2.45) is 0 Å². The zero-order chi connectivity index (χ0) is 13.9. The minimum atomic E-state index is -0.586. The van der Waals surface area contributed by atoms with E-state index in [1.165, 1.54) is 17.7 Å². The van der Waals surface area contributed by atoms with Crippen LogP contribution in [0.5, 0.6) is 5.75 Å². The van der Waals surface area contributed by atoms with Crippen molar-refractivity contribution in [3.05, 3.63) is 59.2 Å². The van der Waals surface area contributed by atoms with E-state index in [4.69, 9.17) is 4.74 Å². The summed E-state index contributed by atoms with van der Waals surface area (Å²) in [5, 5.41) is 3.32. The van der Waals surface area contributed by atoms with Crippen molar-refractivity contribution in [3.8, 4) is 5.75 Å². The van der Waals surface area contributed by atoms with Crippen LogP contribution in [0.1, 0.15) is 17.5 Å². The topological polar surface area (TPSA) is 21.3 Å². The second-order valence-corrected chi connectivity index (χ2v) is 4.89. The van der Waals surface area contributed by atoms with E-state index in [1.807, 2.05) is 12.1 Å². The molecule has 0 saturated carbocycles. The van der Waals surface area contributed by atoms with Crippen LogP contribution in [0.2, 0.25) is 0 Å². The second-order valence-electron chi connectivity index (χ2n) is 4.89. The number of halogens is 2. The molecule has 0 unspecified atom stereocenters.